The van der Waals surface area contributed by atoms with Crippen LogP contribution in [0.15, 0.2) is 59.1 Å². The van der Waals surface area contributed by atoms with Gasteiger partial charge >= 0.3 is 0 Å². The van der Waals surface area contributed by atoms with Crippen molar-refractivity contribution in [2.24, 2.45) is 0 Å². The van der Waals surface area contributed by atoms with Crippen molar-refractivity contribution in [3.63, 3.8) is 0 Å². The molecule has 0 nitrogen and oxygen atoms in total. The van der Waals surface area contributed by atoms with Crippen LogP contribution in [0.4, 0.5) is 4.39 Å². The highest BCUT2D eigenvalue weighted by Gasteiger charge is 2.20. The molecule has 3 rings (SSSR count). The van der Waals surface area contributed by atoms with Gasteiger partial charge < -0.3 is 0 Å². The summed E-state index contributed by atoms with van der Waals surface area (Å²) in [6, 6.07) is 16.6. The first-order chi connectivity index (χ1) is 10.1. The van der Waals surface area contributed by atoms with Gasteiger partial charge in [0.2, 0.25) is 0 Å². The number of hydrogen-bond acceptors (Lipinski definition) is 0. The summed E-state index contributed by atoms with van der Waals surface area (Å²) in [6.07, 6.45) is 0. The van der Waals surface area contributed by atoms with Crippen molar-refractivity contribution in [2.75, 3.05) is 0 Å². The number of halogens is 4. The van der Waals surface area contributed by atoms with E-state index in [9.17, 15) is 4.39 Å². The van der Waals surface area contributed by atoms with Crippen LogP contribution in [0.2, 0.25) is 5.02 Å². The molecule has 0 aliphatic rings. The van der Waals surface area contributed by atoms with E-state index in [0.29, 0.717) is 10.6 Å². The summed E-state index contributed by atoms with van der Waals surface area (Å²) in [7, 11) is 0. The standard InChI is InChI=1S/C17H10Br2ClF/c18-13-6-3-7-15(21)16(13)17(19)12-8-9-14(20)11-5-2-1-4-10(11)12/h1-9,17H. The Morgan fingerprint density at radius 1 is 0.905 bits per heavy atom. The second kappa shape index (κ2) is 6.07. The van der Waals surface area contributed by atoms with Crippen LogP contribution < -0.4 is 0 Å². The fourth-order valence-corrected chi connectivity index (χ4v) is 4.39. The van der Waals surface area contributed by atoms with E-state index in [2.05, 4.69) is 31.9 Å². The van der Waals surface area contributed by atoms with Crippen molar-refractivity contribution in [3.05, 3.63) is 81.0 Å². The maximum Gasteiger partial charge on any atom is 0.129 e. The highest BCUT2D eigenvalue weighted by molar-refractivity contribution is 9.11. The van der Waals surface area contributed by atoms with Crippen molar-refractivity contribution in [1.29, 1.82) is 0 Å². The summed E-state index contributed by atoms with van der Waals surface area (Å²) in [5.74, 6) is -0.245. The molecule has 106 valence electrons. The zero-order valence-corrected chi connectivity index (χ0v) is 14.7. The van der Waals surface area contributed by atoms with Crippen LogP contribution in [0.25, 0.3) is 10.8 Å². The number of fused-ring (bicyclic) bond motifs is 1. The van der Waals surface area contributed by atoms with E-state index in [0.717, 1.165) is 20.8 Å². The van der Waals surface area contributed by atoms with Gasteiger partial charge in [0.15, 0.2) is 0 Å². The minimum absolute atomic E-state index is 0.245. The van der Waals surface area contributed by atoms with E-state index in [-0.39, 0.29) is 10.6 Å². The molecule has 0 bridgehead atoms. The molecule has 0 aliphatic heterocycles. The average Bonchev–Trinajstić information content (AvgIpc) is 2.47. The molecular weight excluding hydrogens is 418 g/mol. The minimum atomic E-state index is -0.254. The second-order valence-electron chi connectivity index (χ2n) is 4.68. The Kier molecular flexibility index (Phi) is 4.34. The molecule has 0 radical (unpaired) electrons. The predicted molar refractivity (Wildman–Crippen MR) is 93.8 cm³/mol. The first-order valence-corrected chi connectivity index (χ1v) is 8.43. The molecule has 1 unspecified atom stereocenters. The Balaban J connectivity index is 2.23. The van der Waals surface area contributed by atoms with Gasteiger partial charge in [-0.1, -0.05) is 79.9 Å². The zero-order chi connectivity index (χ0) is 15.0. The Morgan fingerprint density at radius 2 is 1.62 bits per heavy atom. The minimum Gasteiger partial charge on any atom is -0.207 e. The van der Waals surface area contributed by atoms with Crippen molar-refractivity contribution >= 4 is 54.2 Å². The highest BCUT2D eigenvalue weighted by atomic mass is 79.9. The van der Waals surface area contributed by atoms with Crippen LogP contribution >= 0.6 is 43.5 Å². The monoisotopic (exact) mass is 426 g/mol. The van der Waals surface area contributed by atoms with Gasteiger partial charge in [-0.25, -0.2) is 4.39 Å². The van der Waals surface area contributed by atoms with Gasteiger partial charge in [0, 0.05) is 20.4 Å². The van der Waals surface area contributed by atoms with E-state index in [4.69, 9.17) is 11.6 Å². The van der Waals surface area contributed by atoms with Crippen molar-refractivity contribution in [3.8, 4) is 0 Å². The molecular formula is C17H10Br2ClF. The lowest BCUT2D eigenvalue weighted by atomic mass is 9.98. The van der Waals surface area contributed by atoms with Gasteiger partial charge in [0.1, 0.15) is 5.82 Å². The second-order valence-corrected chi connectivity index (χ2v) is 6.86. The molecule has 0 heterocycles. The molecule has 3 aromatic rings. The third-order valence-electron chi connectivity index (χ3n) is 3.43. The van der Waals surface area contributed by atoms with Crippen molar-refractivity contribution in [1.82, 2.24) is 0 Å². The molecule has 0 N–H and O–H groups in total. The maximum absolute atomic E-state index is 14.2. The van der Waals surface area contributed by atoms with Crippen molar-refractivity contribution in [2.45, 2.75) is 4.83 Å². The van der Waals surface area contributed by atoms with Crippen LogP contribution in [-0.4, -0.2) is 0 Å². The number of hydrogen-bond donors (Lipinski definition) is 0. The van der Waals surface area contributed by atoms with Gasteiger partial charge in [0.25, 0.3) is 0 Å². The third-order valence-corrected chi connectivity index (χ3v) is 5.40. The average molecular weight is 429 g/mol. The van der Waals surface area contributed by atoms with Crippen LogP contribution in [0.3, 0.4) is 0 Å². The molecule has 1 atom stereocenters. The summed E-state index contributed by atoms with van der Waals surface area (Å²) in [6.45, 7) is 0. The molecule has 21 heavy (non-hydrogen) atoms. The van der Waals surface area contributed by atoms with Crippen LogP contribution in [0.5, 0.6) is 0 Å². The summed E-state index contributed by atoms with van der Waals surface area (Å²) < 4.78 is 14.9. The lowest BCUT2D eigenvalue weighted by Crippen LogP contribution is -1.99. The lowest BCUT2D eigenvalue weighted by Gasteiger charge is -2.16. The van der Waals surface area contributed by atoms with Crippen molar-refractivity contribution < 1.29 is 4.39 Å². The Hall–Kier alpha value is -0.900. The fraction of sp³-hybridized carbons (Fsp3) is 0.0588. The van der Waals surface area contributed by atoms with E-state index in [1.165, 1.54) is 6.07 Å². The van der Waals surface area contributed by atoms with Gasteiger partial charge in [-0.3, -0.25) is 0 Å². The molecule has 3 aromatic carbocycles. The summed E-state index contributed by atoms with van der Waals surface area (Å²) in [5.41, 5.74) is 1.57. The third kappa shape index (κ3) is 2.75. The molecule has 4 heteroatoms. The SMILES string of the molecule is Fc1cccc(Br)c1C(Br)c1ccc(Cl)c2ccccc12. The van der Waals surface area contributed by atoms with Gasteiger partial charge in [0.05, 0.1) is 4.83 Å². The number of rotatable bonds is 2. The van der Waals surface area contributed by atoms with E-state index < -0.39 is 0 Å². The quantitative estimate of drug-likeness (QED) is 0.390. The molecule has 0 amide bonds. The van der Waals surface area contributed by atoms with E-state index in [1.807, 2.05) is 42.5 Å². The van der Waals surface area contributed by atoms with E-state index in [1.54, 1.807) is 6.07 Å². The first-order valence-electron chi connectivity index (χ1n) is 6.34. The smallest absolute Gasteiger partial charge is 0.129 e. The Bertz CT molecular complexity index is 797. The largest absolute Gasteiger partial charge is 0.207 e. The predicted octanol–water partition coefficient (Wildman–Crippen LogP) is 6.88. The maximum atomic E-state index is 14.2. The molecule has 0 aliphatic carbocycles. The molecule has 0 fully saturated rings. The normalized spacial score (nSPS) is 12.6. The lowest BCUT2D eigenvalue weighted by molar-refractivity contribution is 0.612. The Morgan fingerprint density at radius 3 is 2.33 bits per heavy atom. The topological polar surface area (TPSA) is 0 Å². The fourth-order valence-electron chi connectivity index (χ4n) is 2.41. The number of benzene rings is 3. The summed E-state index contributed by atoms with van der Waals surface area (Å²) in [5, 5.41) is 2.68. The van der Waals surface area contributed by atoms with Gasteiger partial charge in [-0.05, 0) is 29.1 Å². The van der Waals surface area contributed by atoms with Crippen LogP contribution in [0.1, 0.15) is 16.0 Å². The molecule has 0 spiro atoms. The van der Waals surface area contributed by atoms with Gasteiger partial charge in [-0.15, -0.1) is 0 Å². The molecule has 0 saturated carbocycles. The van der Waals surface area contributed by atoms with Gasteiger partial charge in [-0.2, -0.15) is 0 Å². The zero-order valence-electron chi connectivity index (χ0n) is 10.8. The molecule has 0 saturated heterocycles. The highest BCUT2D eigenvalue weighted by Crippen LogP contribution is 2.41. The summed E-state index contributed by atoms with van der Waals surface area (Å²) in [4.78, 5) is -0.254. The van der Waals surface area contributed by atoms with E-state index >= 15 is 0 Å². The van der Waals surface area contributed by atoms with Crippen LogP contribution in [0, 0.1) is 5.82 Å². The Labute approximate surface area is 144 Å². The summed E-state index contributed by atoms with van der Waals surface area (Å²) >= 11 is 13.3. The first kappa shape index (κ1) is 15.0. The number of alkyl halides is 1. The molecule has 0 aromatic heterocycles. The van der Waals surface area contributed by atoms with Crippen LogP contribution in [-0.2, 0) is 0 Å².